The fraction of sp³-hybridized carbons (Fsp3) is 0.385. The van der Waals surface area contributed by atoms with Gasteiger partial charge in [-0.25, -0.2) is 0 Å². The summed E-state index contributed by atoms with van der Waals surface area (Å²) in [6.45, 7) is 6.63. The molecule has 3 heteroatoms. The third-order valence-corrected chi connectivity index (χ3v) is 3.33. The van der Waals surface area contributed by atoms with Crippen LogP contribution in [-0.2, 0) is 12.0 Å². The van der Waals surface area contributed by atoms with Gasteiger partial charge in [0.05, 0.1) is 0 Å². The van der Waals surface area contributed by atoms with Crippen molar-refractivity contribution in [3.05, 3.63) is 35.5 Å². The summed E-state index contributed by atoms with van der Waals surface area (Å²) in [5.74, 6) is 0. The van der Waals surface area contributed by atoms with E-state index in [2.05, 4.69) is 48.4 Å². The molecule has 3 rings (SSSR count). The van der Waals surface area contributed by atoms with Crippen LogP contribution in [-0.4, -0.2) is 11.5 Å². The minimum absolute atomic E-state index is 0. The molecule has 86 valence electrons. The van der Waals surface area contributed by atoms with Crippen LogP contribution in [0.2, 0.25) is 0 Å². The standard InChI is InChI=1S/C13H16N2.ClH/c1-13(2)8-14-7-11-12(13)9-5-3-4-6-10(9)15-11;/h3-6,14-15H,7-8H2,1-2H3;1H. The van der Waals surface area contributed by atoms with Gasteiger partial charge in [-0.15, -0.1) is 12.4 Å². The molecule has 0 bridgehead atoms. The second kappa shape index (κ2) is 3.79. The third-order valence-electron chi connectivity index (χ3n) is 3.33. The second-order valence-electron chi connectivity index (χ2n) is 5.01. The average Bonchev–Trinajstić information content (AvgIpc) is 2.56. The van der Waals surface area contributed by atoms with E-state index < -0.39 is 0 Å². The van der Waals surface area contributed by atoms with Gasteiger partial charge in [-0.05, 0) is 11.6 Å². The summed E-state index contributed by atoms with van der Waals surface area (Å²) in [5.41, 5.74) is 4.34. The molecule has 0 spiro atoms. The highest BCUT2D eigenvalue weighted by molar-refractivity contribution is 5.86. The third kappa shape index (κ3) is 1.53. The summed E-state index contributed by atoms with van der Waals surface area (Å²) in [5, 5.41) is 4.85. The van der Waals surface area contributed by atoms with E-state index in [1.54, 1.807) is 0 Å². The van der Waals surface area contributed by atoms with Crippen LogP contribution in [0.5, 0.6) is 0 Å². The van der Waals surface area contributed by atoms with Crippen molar-refractivity contribution in [3.8, 4) is 0 Å². The first-order valence-corrected chi connectivity index (χ1v) is 5.49. The van der Waals surface area contributed by atoms with Gasteiger partial charge in [0.15, 0.2) is 0 Å². The zero-order valence-electron chi connectivity index (χ0n) is 9.63. The van der Waals surface area contributed by atoms with Gasteiger partial charge < -0.3 is 10.3 Å². The Balaban J connectivity index is 0.000000963. The van der Waals surface area contributed by atoms with Crippen molar-refractivity contribution in [1.29, 1.82) is 0 Å². The van der Waals surface area contributed by atoms with Gasteiger partial charge in [0, 0.05) is 35.1 Å². The number of nitrogens with one attached hydrogen (secondary N) is 2. The lowest BCUT2D eigenvalue weighted by Gasteiger charge is -2.31. The van der Waals surface area contributed by atoms with Crippen LogP contribution in [0.15, 0.2) is 24.3 Å². The zero-order chi connectivity index (χ0) is 10.5. The summed E-state index contributed by atoms with van der Waals surface area (Å²) < 4.78 is 0. The van der Waals surface area contributed by atoms with Gasteiger partial charge in [-0.3, -0.25) is 0 Å². The fourth-order valence-corrected chi connectivity index (χ4v) is 2.69. The first-order chi connectivity index (χ1) is 7.18. The number of hydrogen-bond donors (Lipinski definition) is 2. The zero-order valence-corrected chi connectivity index (χ0v) is 10.4. The predicted molar refractivity (Wildman–Crippen MR) is 70.3 cm³/mol. The largest absolute Gasteiger partial charge is 0.357 e. The first kappa shape index (κ1) is 11.5. The summed E-state index contributed by atoms with van der Waals surface area (Å²) >= 11 is 0. The number of hydrogen-bond acceptors (Lipinski definition) is 1. The van der Waals surface area contributed by atoms with Crippen LogP contribution in [0.3, 0.4) is 0 Å². The molecule has 0 unspecified atom stereocenters. The minimum Gasteiger partial charge on any atom is -0.357 e. The molecule has 0 radical (unpaired) electrons. The SMILES string of the molecule is CC1(C)CNCc2[nH]c3ccccc3c21.Cl. The summed E-state index contributed by atoms with van der Waals surface area (Å²) in [4.78, 5) is 3.51. The monoisotopic (exact) mass is 236 g/mol. The van der Waals surface area contributed by atoms with E-state index in [1.807, 2.05) is 0 Å². The van der Waals surface area contributed by atoms with Gasteiger partial charge in [0.1, 0.15) is 0 Å². The molecule has 0 saturated carbocycles. The molecule has 2 N–H and O–H groups in total. The summed E-state index contributed by atoms with van der Waals surface area (Å²) in [6.07, 6.45) is 0. The molecule has 0 aliphatic carbocycles. The summed E-state index contributed by atoms with van der Waals surface area (Å²) in [6, 6.07) is 8.58. The number of H-pyrrole nitrogens is 1. The van der Waals surface area contributed by atoms with E-state index in [1.165, 1.54) is 22.2 Å². The molecule has 0 atom stereocenters. The lowest BCUT2D eigenvalue weighted by atomic mass is 9.80. The molecule has 2 aromatic rings. The minimum atomic E-state index is 0. The van der Waals surface area contributed by atoms with Gasteiger partial charge >= 0.3 is 0 Å². The number of rotatable bonds is 0. The predicted octanol–water partition coefficient (Wildman–Crippen LogP) is 2.97. The number of aromatic amines is 1. The van der Waals surface area contributed by atoms with Gasteiger partial charge in [0.25, 0.3) is 0 Å². The van der Waals surface area contributed by atoms with E-state index >= 15 is 0 Å². The highest BCUT2D eigenvalue weighted by atomic mass is 35.5. The summed E-state index contributed by atoms with van der Waals surface area (Å²) in [7, 11) is 0. The van der Waals surface area contributed by atoms with Crippen LogP contribution < -0.4 is 5.32 Å². The second-order valence-corrected chi connectivity index (χ2v) is 5.01. The number of aromatic nitrogens is 1. The van der Waals surface area contributed by atoms with Crippen molar-refractivity contribution >= 4 is 23.3 Å². The van der Waals surface area contributed by atoms with Crippen LogP contribution in [0, 0.1) is 0 Å². The Morgan fingerprint density at radius 2 is 1.94 bits per heavy atom. The van der Waals surface area contributed by atoms with Gasteiger partial charge in [-0.1, -0.05) is 32.0 Å². The average molecular weight is 237 g/mol. The molecule has 0 amide bonds. The van der Waals surface area contributed by atoms with E-state index in [-0.39, 0.29) is 17.8 Å². The van der Waals surface area contributed by atoms with Crippen molar-refractivity contribution in [2.24, 2.45) is 0 Å². The van der Waals surface area contributed by atoms with Crippen molar-refractivity contribution < 1.29 is 0 Å². The van der Waals surface area contributed by atoms with Gasteiger partial charge in [0.2, 0.25) is 0 Å². The maximum absolute atomic E-state index is 3.51. The quantitative estimate of drug-likeness (QED) is 0.723. The van der Waals surface area contributed by atoms with E-state index in [9.17, 15) is 0 Å². The molecule has 0 fully saturated rings. The Bertz CT molecular complexity index is 514. The highest BCUT2D eigenvalue weighted by Crippen LogP contribution is 2.35. The van der Waals surface area contributed by atoms with E-state index in [0.29, 0.717) is 0 Å². The van der Waals surface area contributed by atoms with Crippen LogP contribution in [0.4, 0.5) is 0 Å². The lowest BCUT2D eigenvalue weighted by molar-refractivity contribution is 0.435. The van der Waals surface area contributed by atoms with Crippen molar-refractivity contribution in [3.63, 3.8) is 0 Å². The number of halogens is 1. The number of para-hydroxylation sites is 1. The Hall–Kier alpha value is -0.990. The van der Waals surface area contributed by atoms with Crippen molar-refractivity contribution in [2.75, 3.05) is 6.54 Å². The smallest absolute Gasteiger partial charge is 0.0459 e. The molecule has 1 aromatic carbocycles. The Kier molecular flexibility index (Phi) is 2.72. The number of fused-ring (bicyclic) bond motifs is 3. The molecule has 1 aliphatic rings. The maximum atomic E-state index is 3.51. The van der Waals surface area contributed by atoms with Crippen molar-refractivity contribution in [2.45, 2.75) is 25.8 Å². The highest BCUT2D eigenvalue weighted by Gasteiger charge is 2.30. The molecule has 16 heavy (non-hydrogen) atoms. The normalized spacial score (nSPS) is 17.9. The molecular formula is C13H17ClN2. The fourth-order valence-electron chi connectivity index (χ4n) is 2.69. The molecule has 1 aliphatic heterocycles. The van der Waals surface area contributed by atoms with Crippen LogP contribution >= 0.6 is 12.4 Å². The van der Waals surface area contributed by atoms with E-state index in [0.717, 1.165) is 13.1 Å². The molecular weight excluding hydrogens is 220 g/mol. The van der Waals surface area contributed by atoms with Crippen LogP contribution in [0.1, 0.15) is 25.1 Å². The van der Waals surface area contributed by atoms with Crippen molar-refractivity contribution in [1.82, 2.24) is 10.3 Å². The molecule has 1 aromatic heterocycles. The first-order valence-electron chi connectivity index (χ1n) is 5.49. The Labute approximate surface area is 102 Å². The Morgan fingerprint density at radius 3 is 2.75 bits per heavy atom. The maximum Gasteiger partial charge on any atom is 0.0459 e. The molecule has 0 saturated heterocycles. The van der Waals surface area contributed by atoms with E-state index in [4.69, 9.17) is 0 Å². The molecule has 2 nitrogen and oxygen atoms in total. The molecule has 2 heterocycles. The topological polar surface area (TPSA) is 27.8 Å². The number of benzene rings is 1. The van der Waals surface area contributed by atoms with Gasteiger partial charge in [-0.2, -0.15) is 0 Å². The van der Waals surface area contributed by atoms with Crippen LogP contribution in [0.25, 0.3) is 10.9 Å². The Morgan fingerprint density at radius 1 is 1.19 bits per heavy atom. The lowest BCUT2D eigenvalue weighted by Crippen LogP contribution is -2.38.